The Labute approximate surface area is 239 Å². The molecule has 0 saturated heterocycles. The molecule has 6 heteroatoms. The standard InChI is InChI=1S/C34H30ClN3O2/c35-25-21-19-24(20-22-25)32(33(39)36-26-13-5-2-6-14-26)38-30-18-10-8-16-28(30)31(23-11-3-1-4-12-23)37-29-17-9-7-15-27(29)34(38)40/h1,3-4,7-12,15-22,26,32H,2,5-6,13-14H2,(H,36,39). The van der Waals surface area contributed by atoms with E-state index in [1.54, 1.807) is 23.1 Å². The zero-order valence-corrected chi connectivity index (χ0v) is 22.9. The van der Waals surface area contributed by atoms with Crippen molar-refractivity contribution in [2.75, 3.05) is 4.90 Å². The van der Waals surface area contributed by atoms with Gasteiger partial charge in [0.2, 0.25) is 5.91 Å². The molecular formula is C34H30ClN3O2. The number of rotatable bonds is 5. The molecule has 200 valence electrons. The maximum atomic E-state index is 14.5. The summed E-state index contributed by atoms with van der Waals surface area (Å²) in [5.74, 6) is -0.480. The van der Waals surface area contributed by atoms with E-state index in [-0.39, 0.29) is 17.9 Å². The van der Waals surface area contributed by atoms with Gasteiger partial charge in [-0.3, -0.25) is 14.5 Å². The van der Waals surface area contributed by atoms with Crippen molar-refractivity contribution in [2.45, 2.75) is 44.2 Å². The lowest BCUT2D eigenvalue weighted by Crippen LogP contribution is -2.48. The quantitative estimate of drug-likeness (QED) is 0.279. The van der Waals surface area contributed by atoms with Gasteiger partial charge in [-0.15, -0.1) is 0 Å². The van der Waals surface area contributed by atoms with Crippen molar-refractivity contribution < 1.29 is 9.59 Å². The molecule has 0 spiro atoms. The largest absolute Gasteiger partial charge is 0.351 e. The first-order valence-corrected chi connectivity index (χ1v) is 14.2. The molecule has 1 fully saturated rings. The monoisotopic (exact) mass is 547 g/mol. The Balaban J connectivity index is 1.57. The molecule has 1 unspecified atom stereocenters. The van der Waals surface area contributed by atoms with Crippen LogP contribution in [0, 0.1) is 0 Å². The summed E-state index contributed by atoms with van der Waals surface area (Å²) in [6.45, 7) is 0. The molecular weight excluding hydrogens is 518 g/mol. The van der Waals surface area contributed by atoms with E-state index in [1.807, 2.05) is 84.9 Å². The Kier molecular flexibility index (Phi) is 7.47. The van der Waals surface area contributed by atoms with E-state index in [0.717, 1.165) is 42.5 Å². The van der Waals surface area contributed by atoms with Gasteiger partial charge in [0.15, 0.2) is 0 Å². The fourth-order valence-electron chi connectivity index (χ4n) is 5.72. The third-order valence-electron chi connectivity index (χ3n) is 7.70. The van der Waals surface area contributed by atoms with Crippen molar-refractivity contribution in [3.8, 4) is 0 Å². The van der Waals surface area contributed by atoms with E-state index in [9.17, 15) is 9.59 Å². The number of hydrogen-bond donors (Lipinski definition) is 1. The first-order chi connectivity index (χ1) is 19.6. The summed E-state index contributed by atoms with van der Waals surface area (Å²) < 4.78 is 0. The number of anilines is 1. The molecule has 2 amide bonds. The second-order valence-electron chi connectivity index (χ2n) is 10.3. The third kappa shape index (κ3) is 5.17. The normalized spacial score (nSPS) is 16.2. The zero-order chi connectivity index (χ0) is 27.5. The van der Waals surface area contributed by atoms with Crippen LogP contribution in [0.4, 0.5) is 11.4 Å². The summed E-state index contributed by atoms with van der Waals surface area (Å²) in [4.78, 5) is 35.4. The van der Waals surface area contributed by atoms with Crippen LogP contribution in [-0.4, -0.2) is 23.6 Å². The number of fused-ring (bicyclic) bond motifs is 2. The molecule has 1 N–H and O–H groups in total. The molecule has 40 heavy (non-hydrogen) atoms. The van der Waals surface area contributed by atoms with Gasteiger partial charge in [0.05, 0.1) is 22.6 Å². The Hall–Kier alpha value is -4.22. The van der Waals surface area contributed by atoms with Crippen LogP contribution >= 0.6 is 11.6 Å². The van der Waals surface area contributed by atoms with E-state index < -0.39 is 6.04 Å². The van der Waals surface area contributed by atoms with E-state index in [2.05, 4.69) is 5.32 Å². The number of nitrogens with zero attached hydrogens (tertiary/aromatic N) is 2. The van der Waals surface area contributed by atoms with Crippen molar-refractivity contribution >= 4 is 40.5 Å². The van der Waals surface area contributed by atoms with Crippen LogP contribution in [0.3, 0.4) is 0 Å². The van der Waals surface area contributed by atoms with Crippen LogP contribution in [0.5, 0.6) is 0 Å². The first kappa shape index (κ1) is 26.0. The van der Waals surface area contributed by atoms with E-state index >= 15 is 0 Å². The number of aliphatic imine (C=N–C) groups is 1. The molecule has 1 aliphatic carbocycles. The number of para-hydroxylation sites is 2. The lowest BCUT2D eigenvalue weighted by Gasteiger charge is -2.35. The van der Waals surface area contributed by atoms with Crippen molar-refractivity contribution in [2.24, 2.45) is 4.99 Å². The molecule has 1 aliphatic heterocycles. The summed E-state index contributed by atoms with van der Waals surface area (Å²) in [6, 6.07) is 31.4. The summed E-state index contributed by atoms with van der Waals surface area (Å²) in [6.07, 6.45) is 5.25. The lowest BCUT2D eigenvalue weighted by molar-refractivity contribution is -0.123. The fraction of sp³-hybridized carbons (Fsp3) is 0.206. The van der Waals surface area contributed by atoms with Crippen LogP contribution in [-0.2, 0) is 4.79 Å². The first-order valence-electron chi connectivity index (χ1n) is 13.8. The topological polar surface area (TPSA) is 61.8 Å². The number of carbonyl (C=O) groups excluding carboxylic acids is 2. The lowest BCUT2D eigenvalue weighted by atomic mass is 9.93. The number of hydrogen-bond acceptors (Lipinski definition) is 3. The second kappa shape index (κ2) is 11.5. The summed E-state index contributed by atoms with van der Waals surface area (Å²) in [7, 11) is 0. The molecule has 4 aromatic carbocycles. The average molecular weight is 548 g/mol. The van der Waals surface area contributed by atoms with Gasteiger partial charge in [-0.2, -0.15) is 0 Å². The number of halogens is 1. The van der Waals surface area contributed by atoms with Gasteiger partial charge in [-0.1, -0.05) is 104 Å². The maximum absolute atomic E-state index is 14.5. The highest BCUT2D eigenvalue weighted by molar-refractivity contribution is 6.30. The molecule has 6 rings (SSSR count). The molecule has 2 aliphatic rings. The van der Waals surface area contributed by atoms with Gasteiger partial charge in [0, 0.05) is 22.2 Å². The minimum atomic E-state index is -0.906. The van der Waals surface area contributed by atoms with Gasteiger partial charge < -0.3 is 5.32 Å². The smallest absolute Gasteiger partial charge is 0.261 e. The summed E-state index contributed by atoms with van der Waals surface area (Å²) in [5.41, 5.74) is 4.77. The highest BCUT2D eigenvalue weighted by Crippen LogP contribution is 2.38. The Morgan fingerprint density at radius 3 is 2.20 bits per heavy atom. The molecule has 4 aromatic rings. The number of carbonyl (C=O) groups is 2. The average Bonchev–Trinajstić information content (AvgIpc) is 2.99. The van der Waals surface area contributed by atoms with Gasteiger partial charge in [-0.25, -0.2) is 4.99 Å². The fourth-order valence-corrected chi connectivity index (χ4v) is 5.84. The molecule has 0 bridgehead atoms. The molecule has 1 atom stereocenters. The van der Waals surface area contributed by atoms with E-state index in [4.69, 9.17) is 16.6 Å². The van der Waals surface area contributed by atoms with Crippen molar-refractivity contribution in [3.05, 3.63) is 130 Å². The molecule has 1 heterocycles. The van der Waals surface area contributed by atoms with Crippen LogP contribution in [0.15, 0.2) is 108 Å². The van der Waals surface area contributed by atoms with Crippen LogP contribution in [0.1, 0.15) is 65.2 Å². The Bertz CT molecular complexity index is 1560. The maximum Gasteiger partial charge on any atom is 0.261 e. The predicted octanol–water partition coefficient (Wildman–Crippen LogP) is 7.66. The number of nitrogens with one attached hydrogen (secondary N) is 1. The number of benzene rings is 4. The highest BCUT2D eigenvalue weighted by atomic mass is 35.5. The van der Waals surface area contributed by atoms with Gasteiger partial charge in [0.1, 0.15) is 6.04 Å². The van der Waals surface area contributed by atoms with Crippen molar-refractivity contribution in [1.82, 2.24) is 5.32 Å². The van der Waals surface area contributed by atoms with Crippen LogP contribution < -0.4 is 10.2 Å². The third-order valence-corrected chi connectivity index (χ3v) is 7.95. The van der Waals surface area contributed by atoms with Crippen molar-refractivity contribution in [3.63, 3.8) is 0 Å². The predicted molar refractivity (Wildman–Crippen MR) is 161 cm³/mol. The van der Waals surface area contributed by atoms with E-state index in [0.29, 0.717) is 27.5 Å². The van der Waals surface area contributed by atoms with Gasteiger partial charge in [0.25, 0.3) is 5.91 Å². The Morgan fingerprint density at radius 1 is 0.800 bits per heavy atom. The minimum absolute atomic E-state index is 0.0879. The molecule has 5 nitrogen and oxygen atoms in total. The number of amides is 2. The van der Waals surface area contributed by atoms with Gasteiger partial charge in [-0.05, 0) is 48.7 Å². The minimum Gasteiger partial charge on any atom is -0.351 e. The SMILES string of the molecule is O=C(NC1CCCCC1)C(c1ccc(Cl)cc1)N1C(=O)c2ccccc2N=C(c2ccccc2)c2ccccc21. The molecule has 1 saturated carbocycles. The summed E-state index contributed by atoms with van der Waals surface area (Å²) >= 11 is 6.25. The zero-order valence-electron chi connectivity index (χ0n) is 22.1. The highest BCUT2D eigenvalue weighted by Gasteiger charge is 2.37. The second-order valence-corrected chi connectivity index (χ2v) is 10.8. The summed E-state index contributed by atoms with van der Waals surface area (Å²) in [5, 5.41) is 3.86. The van der Waals surface area contributed by atoms with Crippen LogP contribution in [0.2, 0.25) is 5.02 Å². The van der Waals surface area contributed by atoms with Gasteiger partial charge >= 0.3 is 0 Å². The Morgan fingerprint density at radius 2 is 1.45 bits per heavy atom. The molecule has 0 radical (unpaired) electrons. The van der Waals surface area contributed by atoms with E-state index in [1.165, 1.54) is 6.42 Å². The molecule has 0 aromatic heterocycles. The van der Waals surface area contributed by atoms with Crippen molar-refractivity contribution in [1.29, 1.82) is 0 Å². The van der Waals surface area contributed by atoms with Crippen LogP contribution in [0.25, 0.3) is 0 Å².